The van der Waals surface area contributed by atoms with Gasteiger partial charge in [0.25, 0.3) is 0 Å². The van der Waals surface area contributed by atoms with Crippen molar-refractivity contribution in [2.45, 2.75) is 23.9 Å². The van der Waals surface area contributed by atoms with Crippen molar-refractivity contribution in [3.63, 3.8) is 0 Å². The third-order valence-corrected chi connectivity index (χ3v) is 4.02. The zero-order valence-corrected chi connectivity index (χ0v) is 12.5. The van der Waals surface area contributed by atoms with Gasteiger partial charge in [-0.1, -0.05) is 11.8 Å². The van der Waals surface area contributed by atoms with E-state index in [2.05, 4.69) is 21.0 Å². The molecular formula is C15H13N5S. The molecule has 21 heavy (non-hydrogen) atoms. The number of anilines is 1. The van der Waals surface area contributed by atoms with E-state index in [9.17, 15) is 5.26 Å². The predicted octanol–water partition coefficient (Wildman–Crippen LogP) is 3.18. The van der Waals surface area contributed by atoms with Crippen molar-refractivity contribution in [1.82, 2.24) is 15.0 Å². The molecule has 2 heterocycles. The molecule has 5 nitrogen and oxygen atoms in total. The van der Waals surface area contributed by atoms with Crippen LogP contribution in [-0.2, 0) is 0 Å². The monoisotopic (exact) mass is 295 g/mol. The van der Waals surface area contributed by atoms with Crippen LogP contribution in [0, 0.1) is 25.2 Å². The van der Waals surface area contributed by atoms with E-state index in [1.54, 1.807) is 0 Å². The largest absolute Gasteiger partial charge is 0.399 e. The molecular weight excluding hydrogens is 282 g/mol. The van der Waals surface area contributed by atoms with Gasteiger partial charge >= 0.3 is 0 Å². The lowest BCUT2D eigenvalue weighted by molar-refractivity contribution is 1.05. The van der Waals surface area contributed by atoms with Gasteiger partial charge in [0.15, 0.2) is 5.16 Å². The van der Waals surface area contributed by atoms with Crippen LogP contribution in [-0.4, -0.2) is 15.0 Å². The normalized spacial score (nSPS) is 10.7. The zero-order chi connectivity index (χ0) is 15.0. The highest BCUT2D eigenvalue weighted by molar-refractivity contribution is 7.99. The summed E-state index contributed by atoms with van der Waals surface area (Å²) in [7, 11) is 0. The number of aromatic amines is 1. The van der Waals surface area contributed by atoms with E-state index in [1.165, 1.54) is 11.8 Å². The Morgan fingerprint density at radius 1 is 1.24 bits per heavy atom. The van der Waals surface area contributed by atoms with Crippen molar-refractivity contribution < 1.29 is 0 Å². The number of pyridine rings is 1. The summed E-state index contributed by atoms with van der Waals surface area (Å²) in [5.41, 5.74) is 10.4. The van der Waals surface area contributed by atoms with Gasteiger partial charge in [0.2, 0.25) is 0 Å². The molecule has 3 N–H and O–H groups in total. The molecule has 104 valence electrons. The fourth-order valence-electron chi connectivity index (χ4n) is 2.17. The summed E-state index contributed by atoms with van der Waals surface area (Å²) in [6, 6.07) is 9.65. The topological polar surface area (TPSA) is 91.4 Å². The van der Waals surface area contributed by atoms with Crippen molar-refractivity contribution in [3.05, 3.63) is 41.2 Å². The SMILES string of the molecule is Cc1cc(Sc2nc3ccc(N)cc3[nH]2)c(C#N)c(C)n1. The van der Waals surface area contributed by atoms with Crippen LogP contribution in [0.25, 0.3) is 11.0 Å². The van der Waals surface area contributed by atoms with Gasteiger partial charge in [0.05, 0.1) is 22.3 Å². The second kappa shape index (κ2) is 5.11. The van der Waals surface area contributed by atoms with Crippen LogP contribution >= 0.6 is 11.8 Å². The molecule has 2 aromatic heterocycles. The van der Waals surface area contributed by atoms with E-state index in [0.29, 0.717) is 11.3 Å². The molecule has 0 saturated heterocycles. The number of nitrogens with two attached hydrogens (primary N) is 1. The maximum Gasteiger partial charge on any atom is 0.171 e. The molecule has 3 aromatic rings. The molecule has 0 aliphatic carbocycles. The van der Waals surface area contributed by atoms with Gasteiger partial charge in [0.1, 0.15) is 6.07 Å². The maximum absolute atomic E-state index is 9.29. The summed E-state index contributed by atoms with van der Waals surface area (Å²) in [6.07, 6.45) is 0. The first-order valence-electron chi connectivity index (χ1n) is 6.38. The molecule has 0 bridgehead atoms. The summed E-state index contributed by atoms with van der Waals surface area (Å²) in [6.45, 7) is 3.76. The lowest BCUT2D eigenvalue weighted by Gasteiger charge is -2.05. The molecule has 0 unspecified atom stereocenters. The number of aromatic nitrogens is 3. The van der Waals surface area contributed by atoms with Gasteiger partial charge in [-0.3, -0.25) is 4.98 Å². The minimum Gasteiger partial charge on any atom is -0.399 e. The Morgan fingerprint density at radius 3 is 2.81 bits per heavy atom. The molecule has 0 fully saturated rings. The smallest absolute Gasteiger partial charge is 0.171 e. The first-order chi connectivity index (χ1) is 10.1. The Balaban J connectivity index is 2.04. The zero-order valence-electron chi connectivity index (χ0n) is 11.6. The molecule has 0 radical (unpaired) electrons. The Bertz CT molecular complexity index is 876. The lowest BCUT2D eigenvalue weighted by atomic mass is 10.2. The van der Waals surface area contributed by atoms with Crippen LogP contribution < -0.4 is 5.73 Å². The minimum absolute atomic E-state index is 0.588. The van der Waals surface area contributed by atoms with E-state index in [0.717, 1.165) is 32.5 Å². The Hall–Kier alpha value is -2.52. The summed E-state index contributed by atoms with van der Waals surface area (Å²) in [4.78, 5) is 12.9. The number of nitriles is 1. The van der Waals surface area contributed by atoms with Gasteiger partial charge in [-0.2, -0.15) is 5.26 Å². The van der Waals surface area contributed by atoms with Crippen LogP contribution in [0.1, 0.15) is 17.0 Å². The molecule has 0 spiro atoms. The van der Waals surface area contributed by atoms with Crippen molar-refractivity contribution in [2.24, 2.45) is 0 Å². The quantitative estimate of drug-likeness (QED) is 0.708. The number of hydrogen-bond donors (Lipinski definition) is 2. The van der Waals surface area contributed by atoms with Gasteiger partial charge < -0.3 is 10.7 Å². The van der Waals surface area contributed by atoms with Crippen molar-refractivity contribution in [3.8, 4) is 6.07 Å². The van der Waals surface area contributed by atoms with Crippen molar-refractivity contribution >= 4 is 28.5 Å². The van der Waals surface area contributed by atoms with Crippen molar-refractivity contribution in [2.75, 3.05) is 5.73 Å². The first-order valence-corrected chi connectivity index (χ1v) is 7.20. The van der Waals surface area contributed by atoms with E-state index in [1.807, 2.05) is 38.1 Å². The summed E-state index contributed by atoms with van der Waals surface area (Å²) >= 11 is 1.43. The number of benzene rings is 1. The summed E-state index contributed by atoms with van der Waals surface area (Å²) in [5, 5.41) is 10.0. The third kappa shape index (κ3) is 2.56. The molecule has 0 amide bonds. The van der Waals surface area contributed by atoms with E-state index < -0.39 is 0 Å². The molecule has 0 atom stereocenters. The highest BCUT2D eigenvalue weighted by Gasteiger charge is 2.12. The number of hydrogen-bond acceptors (Lipinski definition) is 5. The number of nitrogen functional groups attached to an aromatic ring is 1. The number of fused-ring (bicyclic) bond motifs is 1. The van der Waals surface area contributed by atoms with Gasteiger partial charge in [-0.15, -0.1) is 0 Å². The van der Waals surface area contributed by atoms with Crippen LogP contribution in [0.2, 0.25) is 0 Å². The van der Waals surface area contributed by atoms with Gasteiger partial charge in [-0.25, -0.2) is 4.98 Å². The number of H-pyrrole nitrogens is 1. The fourth-order valence-corrected chi connectivity index (χ4v) is 3.20. The standard InChI is InChI=1S/C15H13N5S/c1-8-5-14(11(7-16)9(2)18-8)21-15-19-12-4-3-10(17)6-13(12)20-15/h3-6H,17H2,1-2H3,(H,19,20). The molecule has 0 aliphatic heterocycles. The van der Waals surface area contributed by atoms with Gasteiger partial charge in [0, 0.05) is 16.3 Å². The maximum atomic E-state index is 9.29. The number of imidazole rings is 1. The predicted molar refractivity (Wildman–Crippen MR) is 83.1 cm³/mol. The molecule has 3 rings (SSSR count). The molecule has 6 heteroatoms. The Labute approximate surface area is 126 Å². The fraction of sp³-hybridized carbons (Fsp3) is 0.133. The van der Waals surface area contributed by atoms with Crippen LogP contribution in [0.4, 0.5) is 5.69 Å². The summed E-state index contributed by atoms with van der Waals surface area (Å²) < 4.78 is 0. The van der Waals surface area contributed by atoms with E-state index in [4.69, 9.17) is 5.73 Å². The lowest BCUT2D eigenvalue weighted by Crippen LogP contribution is -1.94. The average molecular weight is 295 g/mol. The van der Waals surface area contributed by atoms with Crippen molar-refractivity contribution in [1.29, 1.82) is 5.26 Å². The van der Waals surface area contributed by atoms with Crippen LogP contribution in [0.15, 0.2) is 34.3 Å². The first kappa shape index (κ1) is 13.5. The minimum atomic E-state index is 0.588. The highest BCUT2D eigenvalue weighted by atomic mass is 32.2. The Kier molecular flexibility index (Phi) is 3.28. The number of aryl methyl sites for hydroxylation is 2. The molecule has 0 saturated carbocycles. The van der Waals surface area contributed by atoms with E-state index in [-0.39, 0.29) is 0 Å². The molecule has 0 aliphatic rings. The number of nitrogens with one attached hydrogen (secondary N) is 1. The Morgan fingerprint density at radius 2 is 2.05 bits per heavy atom. The third-order valence-electron chi connectivity index (χ3n) is 3.09. The second-order valence-corrected chi connectivity index (χ2v) is 5.79. The van der Waals surface area contributed by atoms with Gasteiger partial charge in [-0.05, 0) is 38.1 Å². The highest BCUT2D eigenvalue weighted by Crippen LogP contribution is 2.31. The second-order valence-electron chi connectivity index (χ2n) is 4.75. The summed E-state index contributed by atoms with van der Waals surface area (Å²) in [5.74, 6) is 0. The van der Waals surface area contributed by atoms with Crippen LogP contribution in [0.5, 0.6) is 0 Å². The molecule has 1 aromatic carbocycles. The number of nitrogens with zero attached hydrogens (tertiary/aromatic N) is 3. The number of rotatable bonds is 2. The average Bonchev–Trinajstić information content (AvgIpc) is 2.79. The van der Waals surface area contributed by atoms with Crippen LogP contribution in [0.3, 0.4) is 0 Å². The van der Waals surface area contributed by atoms with E-state index >= 15 is 0 Å².